The summed E-state index contributed by atoms with van der Waals surface area (Å²) in [4.78, 5) is 0. The summed E-state index contributed by atoms with van der Waals surface area (Å²) in [6, 6.07) is 2.32. The van der Waals surface area contributed by atoms with E-state index in [1.54, 1.807) is 0 Å². The van der Waals surface area contributed by atoms with Gasteiger partial charge in [-0.25, -0.2) is 0 Å². The number of rotatable bonds is 2. The molecule has 0 N–H and O–H groups in total. The topological polar surface area (TPSA) is 0 Å². The lowest BCUT2D eigenvalue weighted by Crippen LogP contribution is -1.98. The number of halogens is 1. The first-order valence-corrected chi connectivity index (χ1v) is 5.88. The molecule has 72 valence electrons. The van der Waals surface area contributed by atoms with E-state index in [1.165, 1.54) is 27.8 Å². The zero-order chi connectivity index (χ0) is 10.0. The minimum atomic E-state index is 0.972. The molecule has 0 spiro atoms. The summed E-state index contributed by atoms with van der Waals surface area (Å²) in [5.41, 5.74) is 7.26. The van der Waals surface area contributed by atoms with Gasteiger partial charge in [0, 0.05) is 5.33 Å². The van der Waals surface area contributed by atoms with Crippen molar-refractivity contribution in [3.8, 4) is 0 Å². The van der Waals surface area contributed by atoms with Gasteiger partial charge in [0.15, 0.2) is 0 Å². The highest BCUT2D eigenvalue weighted by Crippen LogP contribution is 2.24. The van der Waals surface area contributed by atoms with Crippen LogP contribution in [0, 0.1) is 20.8 Å². The van der Waals surface area contributed by atoms with Gasteiger partial charge in [0.25, 0.3) is 0 Å². The third kappa shape index (κ3) is 1.96. The second-order valence-corrected chi connectivity index (χ2v) is 4.13. The van der Waals surface area contributed by atoms with Crippen LogP contribution in [0.4, 0.5) is 0 Å². The van der Waals surface area contributed by atoms with Crippen LogP contribution in [0.2, 0.25) is 0 Å². The van der Waals surface area contributed by atoms with Gasteiger partial charge in [-0.1, -0.05) is 28.9 Å². The lowest BCUT2D eigenvalue weighted by Gasteiger charge is -2.14. The van der Waals surface area contributed by atoms with Crippen LogP contribution in [0.25, 0.3) is 0 Å². The Morgan fingerprint density at radius 3 is 2.23 bits per heavy atom. The first kappa shape index (κ1) is 10.8. The lowest BCUT2D eigenvalue weighted by molar-refractivity contribution is 1.06. The van der Waals surface area contributed by atoms with E-state index in [1.807, 2.05) is 0 Å². The van der Waals surface area contributed by atoms with Gasteiger partial charge < -0.3 is 0 Å². The fourth-order valence-corrected chi connectivity index (χ4v) is 2.60. The molecule has 0 amide bonds. The fourth-order valence-electron chi connectivity index (χ4n) is 1.76. The normalized spacial score (nSPS) is 10.5. The Labute approximate surface area is 89.5 Å². The SMILES string of the molecule is CCc1cc(C)c(C)c(CBr)c1C. The predicted octanol–water partition coefficient (Wildman–Crippen LogP) is 4.07. The van der Waals surface area contributed by atoms with Crippen molar-refractivity contribution in [3.05, 3.63) is 33.9 Å². The minimum Gasteiger partial charge on any atom is -0.0876 e. The van der Waals surface area contributed by atoms with E-state index in [9.17, 15) is 0 Å². The largest absolute Gasteiger partial charge is 0.0876 e. The third-order valence-corrected chi connectivity index (χ3v) is 3.44. The molecule has 1 aromatic carbocycles. The van der Waals surface area contributed by atoms with E-state index in [4.69, 9.17) is 0 Å². The number of hydrogen-bond donors (Lipinski definition) is 0. The van der Waals surface area contributed by atoms with Gasteiger partial charge in [-0.3, -0.25) is 0 Å². The molecule has 0 fully saturated rings. The van der Waals surface area contributed by atoms with Crippen LogP contribution >= 0.6 is 15.9 Å². The second kappa shape index (κ2) is 4.28. The van der Waals surface area contributed by atoms with Crippen molar-refractivity contribution in [2.24, 2.45) is 0 Å². The summed E-state index contributed by atoms with van der Waals surface area (Å²) in [6.07, 6.45) is 1.13. The average Bonchev–Trinajstić information content (AvgIpc) is 2.12. The highest BCUT2D eigenvalue weighted by Gasteiger charge is 2.07. The molecule has 13 heavy (non-hydrogen) atoms. The Bertz CT molecular complexity index is 313. The number of benzene rings is 1. The Morgan fingerprint density at radius 1 is 1.15 bits per heavy atom. The summed E-state index contributed by atoms with van der Waals surface area (Å²) in [6.45, 7) is 8.84. The van der Waals surface area contributed by atoms with Crippen molar-refractivity contribution in [2.75, 3.05) is 0 Å². The molecule has 0 saturated carbocycles. The lowest BCUT2D eigenvalue weighted by atomic mass is 9.93. The maximum Gasteiger partial charge on any atom is 0.0288 e. The summed E-state index contributed by atoms with van der Waals surface area (Å²) in [5, 5.41) is 0.972. The predicted molar refractivity (Wildman–Crippen MR) is 62.7 cm³/mol. The summed E-state index contributed by atoms with van der Waals surface area (Å²) >= 11 is 3.56. The van der Waals surface area contributed by atoms with Crippen molar-refractivity contribution < 1.29 is 0 Å². The Balaban J connectivity index is 3.39. The van der Waals surface area contributed by atoms with Crippen LogP contribution in [0.5, 0.6) is 0 Å². The summed E-state index contributed by atoms with van der Waals surface area (Å²) < 4.78 is 0. The quantitative estimate of drug-likeness (QED) is 0.684. The Hall–Kier alpha value is -0.300. The van der Waals surface area contributed by atoms with E-state index in [2.05, 4.69) is 49.7 Å². The smallest absolute Gasteiger partial charge is 0.0288 e. The molecule has 0 aliphatic rings. The summed E-state index contributed by atoms with van der Waals surface area (Å²) in [7, 11) is 0. The number of alkyl halides is 1. The second-order valence-electron chi connectivity index (χ2n) is 3.57. The Kier molecular flexibility index (Phi) is 3.55. The van der Waals surface area contributed by atoms with E-state index in [0.29, 0.717) is 0 Å². The van der Waals surface area contributed by atoms with Crippen molar-refractivity contribution in [1.82, 2.24) is 0 Å². The minimum absolute atomic E-state index is 0.972. The van der Waals surface area contributed by atoms with Crippen LogP contribution in [0.3, 0.4) is 0 Å². The zero-order valence-electron chi connectivity index (χ0n) is 8.87. The van der Waals surface area contributed by atoms with Crippen LogP contribution in [0.15, 0.2) is 6.07 Å². The van der Waals surface area contributed by atoms with Crippen LogP contribution in [-0.4, -0.2) is 0 Å². The van der Waals surface area contributed by atoms with Crippen molar-refractivity contribution >= 4 is 15.9 Å². The highest BCUT2D eigenvalue weighted by atomic mass is 79.9. The molecule has 0 atom stereocenters. The standard InChI is InChI=1S/C12H17Br/c1-5-11-6-8(2)9(3)12(7-13)10(11)4/h6H,5,7H2,1-4H3. The van der Waals surface area contributed by atoms with Crippen LogP contribution in [0.1, 0.15) is 34.7 Å². The first-order valence-electron chi connectivity index (χ1n) is 4.76. The van der Waals surface area contributed by atoms with Gasteiger partial charge in [-0.2, -0.15) is 0 Å². The number of aryl methyl sites for hydroxylation is 2. The van der Waals surface area contributed by atoms with Gasteiger partial charge >= 0.3 is 0 Å². The molecule has 0 radical (unpaired) electrons. The molecule has 0 aliphatic carbocycles. The molecule has 0 aliphatic heterocycles. The van der Waals surface area contributed by atoms with Gasteiger partial charge in [0.05, 0.1) is 0 Å². The zero-order valence-corrected chi connectivity index (χ0v) is 10.5. The molecule has 1 rings (SSSR count). The molecular weight excluding hydrogens is 224 g/mol. The molecule has 0 aromatic heterocycles. The molecule has 0 unspecified atom stereocenters. The van der Waals surface area contributed by atoms with Gasteiger partial charge in [0.1, 0.15) is 0 Å². The highest BCUT2D eigenvalue weighted by molar-refractivity contribution is 9.08. The van der Waals surface area contributed by atoms with E-state index in [-0.39, 0.29) is 0 Å². The van der Waals surface area contributed by atoms with Crippen molar-refractivity contribution in [2.45, 2.75) is 39.4 Å². The molecule has 0 heterocycles. The molecule has 1 aromatic rings. The van der Waals surface area contributed by atoms with Crippen molar-refractivity contribution in [3.63, 3.8) is 0 Å². The maximum atomic E-state index is 3.56. The first-order chi connectivity index (χ1) is 6.11. The van der Waals surface area contributed by atoms with E-state index < -0.39 is 0 Å². The number of hydrogen-bond acceptors (Lipinski definition) is 0. The van der Waals surface area contributed by atoms with Crippen molar-refractivity contribution in [1.29, 1.82) is 0 Å². The molecular formula is C12H17Br. The average molecular weight is 241 g/mol. The van der Waals surface area contributed by atoms with E-state index >= 15 is 0 Å². The third-order valence-electron chi connectivity index (χ3n) is 2.88. The van der Waals surface area contributed by atoms with Crippen LogP contribution in [-0.2, 0) is 11.8 Å². The Morgan fingerprint density at radius 2 is 1.77 bits per heavy atom. The van der Waals surface area contributed by atoms with Crippen LogP contribution < -0.4 is 0 Å². The molecule has 0 saturated heterocycles. The van der Waals surface area contributed by atoms with Gasteiger partial charge in [0.2, 0.25) is 0 Å². The molecule has 0 bridgehead atoms. The molecule has 0 nitrogen and oxygen atoms in total. The fraction of sp³-hybridized carbons (Fsp3) is 0.500. The van der Waals surface area contributed by atoms with E-state index in [0.717, 1.165) is 11.8 Å². The summed E-state index contributed by atoms with van der Waals surface area (Å²) in [5.74, 6) is 0. The van der Waals surface area contributed by atoms with Gasteiger partial charge in [-0.15, -0.1) is 0 Å². The van der Waals surface area contributed by atoms with Gasteiger partial charge in [-0.05, 0) is 55.0 Å². The maximum absolute atomic E-state index is 3.56. The monoisotopic (exact) mass is 240 g/mol. The molecule has 1 heteroatoms.